The van der Waals surface area contributed by atoms with E-state index in [2.05, 4.69) is 46.1 Å². The molecule has 5 nitrogen and oxygen atoms in total. The van der Waals surface area contributed by atoms with Gasteiger partial charge in [0, 0.05) is 18.2 Å². The average Bonchev–Trinajstić information content (AvgIpc) is 2.89. The Hall–Kier alpha value is -1.82. The van der Waals surface area contributed by atoms with Crippen molar-refractivity contribution in [1.82, 2.24) is 20.1 Å². The molecule has 2 aromatic rings. The molecule has 0 radical (unpaired) electrons. The number of carbonyl (C=O) groups is 1. The minimum absolute atomic E-state index is 0.0214. The molecule has 1 atom stereocenters. The highest BCUT2D eigenvalue weighted by Gasteiger charge is 2.21. The van der Waals surface area contributed by atoms with Crippen molar-refractivity contribution in [2.24, 2.45) is 0 Å². The van der Waals surface area contributed by atoms with E-state index in [1.807, 2.05) is 32.9 Å². The molecule has 0 bridgehead atoms. The number of nitrogens with zero attached hydrogens (tertiary/aromatic N) is 3. The third-order valence-corrected chi connectivity index (χ3v) is 4.58. The number of aryl methyl sites for hydroxylation is 1. The minimum atomic E-state index is -0.211. The molecule has 0 fully saturated rings. The van der Waals surface area contributed by atoms with E-state index in [0.29, 0.717) is 0 Å². The molecule has 1 N–H and O–H groups in total. The van der Waals surface area contributed by atoms with Crippen molar-refractivity contribution in [3.05, 3.63) is 29.8 Å². The van der Waals surface area contributed by atoms with Gasteiger partial charge in [-0.2, -0.15) is 0 Å². The number of nitrogens with one attached hydrogen (secondary N) is 1. The molecule has 6 heteroatoms. The van der Waals surface area contributed by atoms with E-state index in [1.54, 1.807) is 0 Å². The molecule has 124 valence electrons. The van der Waals surface area contributed by atoms with Gasteiger partial charge in [-0.1, -0.05) is 36.0 Å². The molecule has 0 aliphatic rings. The summed E-state index contributed by atoms with van der Waals surface area (Å²) in [5.41, 5.74) is 2.24. The molecule has 1 unspecified atom stereocenters. The molecule has 0 spiro atoms. The lowest BCUT2D eigenvalue weighted by Crippen LogP contribution is -2.36. The molecule has 0 aliphatic heterocycles. The Balaban J connectivity index is 2.25. The van der Waals surface area contributed by atoms with Crippen LogP contribution in [0.25, 0.3) is 11.4 Å². The molecule has 23 heavy (non-hydrogen) atoms. The van der Waals surface area contributed by atoms with Gasteiger partial charge in [-0.15, -0.1) is 10.2 Å². The molecule has 1 amide bonds. The van der Waals surface area contributed by atoms with E-state index in [0.717, 1.165) is 28.7 Å². The van der Waals surface area contributed by atoms with Crippen molar-refractivity contribution < 1.29 is 4.79 Å². The number of amides is 1. The highest BCUT2D eigenvalue weighted by atomic mass is 32.2. The van der Waals surface area contributed by atoms with Crippen LogP contribution in [0.3, 0.4) is 0 Å². The molecule has 0 aliphatic carbocycles. The first-order valence-electron chi connectivity index (χ1n) is 7.90. The summed E-state index contributed by atoms with van der Waals surface area (Å²) in [5, 5.41) is 12.1. The zero-order valence-corrected chi connectivity index (χ0v) is 15.1. The summed E-state index contributed by atoms with van der Waals surface area (Å²) in [6.07, 6.45) is 0. The molecule has 2 rings (SSSR count). The summed E-state index contributed by atoms with van der Waals surface area (Å²) in [4.78, 5) is 12.1. The first kappa shape index (κ1) is 17.5. The highest BCUT2D eigenvalue weighted by molar-refractivity contribution is 8.00. The second-order valence-corrected chi connectivity index (χ2v) is 7.10. The van der Waals surface area contributed by atoms with Gasteiger partial charge in [0.05, 0.1) is 5.25 Å². The zero-order valence-electron chi connectivity index (χ0n) is 14.3. The fourth-order valence-electron chi connectivity index (χ4n) is 2.30. The molecular weight excluding hydrogens is 308 g/mol. The lowest BCUT2D eigenvalue weighted by Gasteiger charge is -2.14. The number of rotatable bonds is 6. The standard InChI is InChI=1S/C17H24N4OS/c1-6-21-15(14-10-8-7-9-12(14)4)19-20-17(21)23-13(5)16(22)18-11(2)3/h7-11,13H,6H2,1-5H3,(H,18,22). The fraction of sp³-hybridized carbons (Fsp3) is 0.471. The van der Waals surface area contributed by atoms with Crippen molar-refractivity contribution in [2.75, 3.05) is 0 Å². The first-order chi connectivity index (χ1) is 10.9. The Kier molecular flexibility index (Phi) is 5.82. The lowest BCUT2D eigenvalue weighted by atomic mass is 10.1. The van der Waals surface area contributed by atoms with E-state index < -0.39 is 0 Å². The second-order valence-electron chi connectivity index (χ2n) is 5.79. The maximum atomic E-state index is 12.1. The fourth-order valence-corrected chi connectivity index (χ4v) is 3.22. The van der Waals surface area contributed by atoms with Crippen molar-refractivity contribution >= 4 is 17.7 Å². The quantitative estimate of drug-likeness (QED) is 0.825. The summed E-state index contributed by atoms with van der Waals surface area (Å²) in [7, 11) is 0. The summed E-state index contributed by atoms with van der Waals surface area (Å²) in [6.45, 7) is 10.7. The monoisotopic (exact) mass is 332 g/mol. The predicted octanol–water partition coefficient (Wildman–Crippen LogP) is 3.28. The number of hydrogen-bond acceptors (Lipinski definition) is 4. The van der Waals surface area contributed by atoms with Crippen molar-refractivity contribution in [2.45, 2.75) is 57.6 Å². The van der Waals surface area contributed by atoms with Crippen LogP contribution >= 0.6 is 11.8 Å². The van der Waals surface area contributed by atoms with Crippen LogP contribution in [0.1, 0.15) is 33.3 Å². The van der Waals surface area contributed by atoms with E-state index in [1.165, 1.54) is 11.8 Å². The molecule has 0 saturated heterocycles. The maximum absolute atomic E-state index is 12.1. The summed E-state index contributed by atoms with van der Waals surface area (Å²) in [5.74, 6) is 0.873. The Morgan fingerprint density at radius 1 is 1.26 bits per heavy atom. The van der Waals surface area contributed by atoms with E-state index in [-0.39, 0.29) is 17.2 Å². The van der Waals surface area contributed by atoms with E-state index >= 15 is 0 Å². The minimum Gasteiger partial charge on any atom is -0.353 e. The predicted molar refractivity (Wildman–Crippen MR) is 94.5 cm³/mol. The van der Waals surface area contributed by atoms with Gasteiger partial charge in [-0.3, -0.25) is 4.79 Å². The summed E-state index contributed by atoms with van der Waals surface area (Å²) in [6, 6.07) is 8.27. The van der Waals surface area contributed by atoms with Gasteiger partial charge in [-0.25, -0.2) is 0 Å². The van der Waals surface area contributed by atoms with Crippen LogP contribution in [-0.4, -0.2) is 32.0 Å². The van der Waals surface area contributed by atoms with Gasteiger partial charge < -0.3 is 9.88 Å². The van der Waals surface area contributed by atoms with Gasteiger partial charge in [0.15, 0.2) is 11.0 Å². The van der Waals surface area contributed by atoms with Crippen LogP contribution < -0.4 is 5.32 Å². The zero-order chi connectivity index (χ0) is 17.0. The number of aromatic nitrogens is 3. The van der Waals surface area contributed by atoms with Crippen molar-refractivity contribution in [1.29, 1.82) is 0 Å². The largest absolute Gasteiger partial charge is 0.353 e. The number of thioether (sulfide) groups is 1. The maximum Gasteiger partial charge on any atom is 0.233 e. The Labute approximate surface area is 141 Å². The van der Waals surface area contributed by atoms with Gasteiger partial charge in [0.25, 0.3) is 0 Å². The lowest BCUT2D eigenvalue weighted by molar-refractivity contribution is -0.120. The van der Waals surface area contributed by atoms with Gasteiger partial charge >= 0.3 is 0 Å². The van der Waals surface area contributed by atoms with Crippen molar-refractivity contribution in [3.8, 4) is 11.4 Å². The summed E-state index contributed by atoms with van der Waals surface area (Å²) >= 11 is 1.44. The van der Waals surface area contributed by atoms with Gasteiger partial charge in [0.1, 0.15) is 0 Å². The van der Waals surface area contributed by atoms with Crippen LogP contribution in [0.15, 0.2) is 29.4 Å². The van der Waals surface area contributed by atoms with Crippen LogP contribution in [-0.2, 0) is 11.3 Å². The number of carbonyl (C=O) groups excluding carboxylic acids is 1. The molecule has 0 saturated carbocycles. The van der Waals surface area contributed by atoms with Gasteiger partial charge in [0.2, 0.25) is 5.91 Å². The normalized spacial score (nSPS) is 12.4. The average molecular weight is 332 g/mol. The van der Waals surface area contributed by atoms with Gasteiger partial charge in [-0.05, 0) is 40.2 Å². The topological polar surface area (TPSA) is 59.8 Å². The summed E-state index contributed by atoms with van der Waals surface area (Å²) < 4.78 is 2.06. The highest BCUT2D eigenvalue weighted by Crippen LogP contribution is 2.28. The third kappa shape index (κ3) is 4.13. The molecular formula is C17H24N4OS. The SMILES string of the molecule is CCn1c(SC(C)C(=O)NC(C)C)nnc1-c1ccccc1C. The van der Waals surface area contributed by atoms with Crippen LogP contribution in [0.2, 0.25) is 0 Å². The third-order valence-electron chi connectivity index (χ3n) is 3.50. The van der Waals surface area contributed by atoms with Crippen LogP contribution in [0.5, 0.6) is 0 Å². The van der Waals surface area contributed by atoms with E-state index in [9.17, 15) is 4.79 Å². The Bertz CT molecular complexity index is 681. The molecule has 1 heterocycles. The molecule has 1 aromatic heterocycles. The molecule has 1 aromatic carbocycles. The number of hydrogen-bond donors (Lipinski definition) is 1. The number of benzene rings is 1. The van der Waals surface area contributed by atoms with Crippen LogP contribution in [0, 0.1) is 6.92 Å². The van der Waals surface area contributed by atoms with E-state index in [4.69, 9.17) is 0 Å². The first-order valence-corrected chi connectivity index (χ1v) is 8.78. The Morgan fingerprint density at radius 3 is 2.57 bits per heavy atom. The smallest absolute Gasteiger partial charge is 0.233 e. The van der Waals surface area contributed by atoms with Crippen LogP contribution in [0.4, 0.5) is 0 Å². The van der Waals surface area contributed by atoms with Crippen molar-refractivity contribution in [3.63, 3.8) is 0 Å². The second kappa shape index (κ2) is 7.64. The Morgan fingerprint density at radius 2 is 1.96 bits per heavy atom.